The highest BCUT2D eigenvalue weighted by molar-refractivity contribution is 7.99. The number of amides is 1. The van der Waals surface area contributed by atoms with E-state index in [9.17, 15) is 4.79 Å². The van der Waals surface area contributed by atoms with Crippen LogP contribution in [0.1, 0.15) is 39.0 Å². The maximum absolute atomic E-state index is 11.7. The predicted molar refractivity (Wildman–Crippen MR) is 77.8 cm³/mol. The van der Waals surface area contributed by atoms with Gasteiger partial charge in [-0.05, 0) is 25.0 Å². The van der Waals surface area contributed by atoms with Crippen molar-refractivity contribution in [2.24, 2.45) is 11.7 Å². The molecule has 3 N–H and O–H groups in total. The van der Waals surface area contributed by atoms with E-state index in [4.69, 9.17) is 5.73 Å². The molecule has 0 bridgehead atoms. The van der Waals surface area contributed by atoms with Gasteiger partial charge in [0.05, 0.1) is 0 Å². The van der Waals surface area contributed by atoms with Gasteiger partial charge in [0, 0.05) is 24.3 Å². The lowest BCUT2D eigenvalue weighted by atomic mass is 9.83. The van der Waals surface area contributed by atoms with E-state index in [0.717, 1.165) is 19.4 Å². The fraction of sp³-hybridized carbons (Fsp3) is 0.917. The fourth-order valence-electron chi connectivity index (χ4n) is 2.14. The standard InChI is InChI=1S/C12H24N2OS.ClH/c1-9(16-2)8-14-12(15)7-10-5-3-4-6-11(10)13;/h9-11H,3-8,13H2,1-2H3,(H,14,15);1H. The third kappa shape index (κ3) is 6.53. The Kier molecular flexibility index (Phi) is 9.10. The summed E-state index contributed by atoms with van der Waals surface area (Å²) in [5.41, 5.74) is 6.03. The van der Waals surface area contributed by atoms with Crippen molar-refractivity contribution in [3.8, 4) is 0 Å². The van der Waals surface area contributed by atoms with Crippen molar-refractivity contribution in [1.82, 2.24) is 5.32 Å². The molecule has 3 nitrogen and oxygen atoms in total. The number of nitrogens with two attached hydrogens (primary N) is 1. The summed E-state index contributed by atoms with van der Waals surface area (Å²) in [6, 6.07) is 0.234. The van der Waals surface area contributed by atoms with Crippen LogP contribution in [0.15, 0.2) is 0 Å². The van der Waals surface area contributed by atoms with Crippen LogP contribution in [0.5, 0.6) is 0 Å². The summed E-state index contributed by atoms with van der Waals surface area (Å²) in [7, 11) is 0. The van der Waals surface area contributed by atoms with Gasteiger partial charge < -0.3 is 11.1 Å². The highest BCUT2D eigenvalue weighted by atomic mass is 35.5. The van der Waals surface area contributed by atoms with Crippen LogP contribution in [0.25, 0.3) is 0 Å². The lowest BCUT2D eigenvalue weighted by Crippen LogP contribution is -2.38. The van der Waals surface area contributed by atoms with Gasteiger partial charge in [-0.3, -0.25) is 4.79 Å². The largest absolute Gasteiger partial charge is 0.355 e. The van der Waals surface area contributed by atoms with Crippen molar-refractivity contribution in [2.75, 3.05) is 12.8 Å². The SMILES string of the molecule is CSC(C)CNC(=O)CC1CCCCC1N.Cl. The number of hydrogen-bond acceptors (Lipinski definition) is 3. The quantitative estimate of drug-likeness (QED) is 0.812. The van der Waals surface area contributed by atoms with Gasteiger partial charge in [-0.15, -0.1) is 12.4 Å². The molecule has 3 atom stereocenters. The van der Waals surface area contributed by atoms with Crippen LogP contribution in [0.3, 0.4) is 0 Å². The monoisotopic (exact) mass is 280 g/mol. The molecule has 1 saturated carbocycles. The number of rotatable bonds is 5. The molecule has 1 aliphatic rings. The van der Waals surface area contributed by atoms with Gasteiger partial charge in [-0.25, -0.2) is 0 Å². The van der Waals surface area contributed by atoms with Crippen LogP contribution in [0.2, 0.25) is 0 Å². The number of hydrogen-bond donors (Lipinski definition) is 2. The molecule has 1 rings (SSSR count). The molecule has 0 heterocycles. The summed E-state index contributed by atoms with van der Waals surface area (Å²) in [4.78, 5) is 11.7. The Morgan fingerprint density at radius 3 is 2.71 bits per heavy atom. The highest BCUT2D eigenvalue weighted by Crippen LogP contribution is 2.25. The van der Waals surface area contributed by atoms with Crippen molar-refractivity contribution in [1.29, 1.82) is 0 Å². The third-order valence-electron chi connectivity index (χ3n) is 3.40. The first-order valence-electron chi connectivity index (χ1n) is 6.18. The van der Waals surface area contributed by atoms with Crippen molar-refractivity contribution < 1.29 is 4.79 Å². The number of thioether (sulfide) groups is 1. The van der Waals surface area contributed by atoms with E-state index in [0.29, 0.717) is 17.6 Å². The summed E-state index contributed by atoms with van der Waals surface area (Å²) >= 11 is 1.77. The molecular weight excluding hydrogens is 256 g/mol. The second-order valence-electron chi connectivity index (χ2n) is 4.76. The van der Waals surface area contributed by atoms with Gasteiger partial charge in [-0.2, -0.15) is 11.8 Å². The Bertz CT molecular complexity index is 229. The van der Waals surface area contributed by atoms with Crippen molar-refractivity contribution in [2.45, 2.75) is 50.3 Å². The van der Waals surface area contributed by atoms with E-state index < -0.39 is 0 Å². The summed E-state index contributed by atoms with van der Waals surface area (Å²) in [6.45, 7) is 2.89. The molecule has 5 heteroatoms. The Hall–Kier alpha value is 0.0700. The van der Waals surface area contributed by atoms with Crippen molar-refractivity contribution in [3.63, 3.8) is 0 Å². The number of carbonyl (C=O) groups is 1. The predicted octanol–water partition coefficient (Wildman–Crippen LogP) is 2.18. The number of halogens is 1. The molecule has 0 saturated heterocycles. The normalized spacial score (nSPS) is 25.8. The van der Waals surface area contributed by atoms with Gasteiger partial charge in [0.1, 0.15) is 0 Å². The van der Waals surface area contributed by atoms with Crippen LogP contribution in [0, 0.1) is 5.92 Å². The molecule has 0 aliphatic heterocycles. The van der Waals surface area contributed by atoms with Crippen LogP contribution in [0.4, 0.5) is 0 Å². The summed E-state index contributed by atoms with van der Waals surface area (Å²) < 4.78 is 0. The first-order chi connectivity index (χ1) is 7.63. The molecule has 0 spiro atoms. The average Bonchev–Trinajstić information content (AvgIpc) is 2.29. The minimum atomic E-state index is 0. The molecule has 0 aromatic heterocycles. The van der Waals surface area contributed by atoms with Crippen LogP contribution in [-0.4, -0.2) is 30.0 Å². The van der Waals surface area contributed by atoms with E-state index in [2.05, 4.69) is 18.5 Å². The zero-order valence-corrected chi connectivity index (χ0v) is 12.4. The van der Waals surface area contributed by atoms with E-state index in [-0.39, 0.29) is 24.4 Å². The Labute approximate surface area is 115 Å². The van der Waals surface area contributed by atoms with Gasteiger partial charge in [0.25, 0.3) is 0 Å². The maximum Gasteiger partial charge on any atom is 0.220 e. The summed E-state index contributed by atoms with van der Waals surface area (Å²) in [5.74, 6) is 0.571. The Morgan fingerprint density at radius 1 is 1.47 bits per heavy atom. The molecule has 0 aromatic carbocycles. The van der Waals surface area contributed by atoms with Gasteiger partial charge >= 0.3 is 0 Å². The molecular formula is C12H25ClN2OS. The van der Waals surface area contributed by atoms with E-state index in [1.807, 2.05) is 0 Å². The summed E-state index contributed by atoms with van der Waals surface area (Å²) in [5, 5.41) is 3.48. The topological polar surface area (TPSA) is 55.1 Å². The molecule has 0 radical (unpaired) electrons. The molecule has 102 valence electrons. The van der Waals surface area contributed by atoms with Gasteiger partial charge in [-0.1, -0.05) is 19.8 Å². The van der Waals surface area contributed by atoms with Crippen LogP contribution < -0.4 is 11.1 Å². The van der Waals surface area contributed by atoms with E-state index in [1.54, 1.807) is 11.8 Å². The van der Waals surface area contributed by atoms with Crippen LogP contribution >= 0.6 is 24.2 Å². The lowest BCUT2D eigenvalue weighted by Gasteiger charge is -2.28. The van der Waals surface area contributed by atoms with Gasteiger partial charge in [0.2, 0.25) is 5.91 Å². The molecule has 17 heavy (non-hydrogen) atoms. The zero-order chi connectivity index (χ0) is 12.0. The van der Waals surface area contributed by atoms with Crippen molar-refractivity contribution >= 4 is 30.1 Å². The second kappa shape index (κ2) is 9.06. The average molecular weight is 281 g/mol. The molecule has 1 aliphatic carbocycles. The number of carbonyl (C=O) groups excluding carboxylic acids is 1. The first-order valence-corrected chi connectivity index (χ1v) is 7.47. The zero-order valence-electron chi connectivity index (χ0n) is 10.8. The number of nitrogens with one attached hydrogen (secondary N) is 1. The Morgan fingerprint density at radius 2 is 2.12 bits per heavy atom. The Balaban J connectivity index is 0.00000256. The minimum Gasteiger partial charge on any atom is -0.355 e. The minimum absolute atomic E-state index is 0. The van der Waals surface area contributed by atoms with Crippen molar-refractivity contribution in [3.05, 3.63) is 0 Å². The molecule has 3 unspecified atom stereocenters. The van der Waals surface area contributed by atoms with E-state index in [1.165, 1.54) is 12.8 Å². The first kappa shape index (κ1) is 17.1. The third-order valence-corrected chi connectivity index (χ3v) is 4.38. The van der Waals surface area contributed by atoms with E-state index >= 15 is 0 Å². The smallest absolute Gasteiger partial charge is 0.220 e. The summed E-state index contributed by atoms with van der Waals surface area (Å²) in [6.07, 6.45) is 7.33. The maximum atomic E-state index is 11.7. The fourth-order valence-corrected chi connectivity index (χ4v) is 2.39. The molecule has 1 amide bonds. The highest BCUT2D eigenvalue weighted by Gasteiger charge is 2.23. The second-order valence-corrected chi connectivity index (χ2v) is 6.04. The lowest BCUT2D eigenvalue weighted by molar-refractivity contribution is -0.122. The molecule has 0 aromatic rings. The van der Waals surface area contributed by atoms with Gasteiger partial charge in [0.15, 0.2) is 0 Å². The van der Waals surface area contributed by atoms with Crippen LogP contribution in [-0.2, 0) is 4.79 Å². The molecule has 1 fully saturated rings.